The van der Waals surface area contributed by atoms with E-state index in [4.69, 9.17) is 0 Å². The van der Waals surface area contributed by atoms with Gasteiger partial charge in [0.15, 0.2) is 0 Å². The lowest BCUT2D eigenvalue weighted by Crippen LogP contribution is -2.18. The summed E-state index contributed by atoms with van der Waals surface area (Å²) in [5.41, 5.74) is 1.35. The minimum atomic E-state index is 0.191. The molecule has 0 aromatic rings. The second-order valence-corrected chi connectivity index (χ2v) is 3.35. The highest BCUT2D eigenvalue weighted by Crippen LogP contribution is 2.18. The molecule has 0 spiro atoms. The van der Waals surface area contributed by atoms with Crippen molar-refractivity contribution in [2.75, 3.05) is 0 Å². The van der Waals surface area contributed by atoms with Gasteiger partial charge in [-0.3, -0.25) is 0 Å². The Morgan fingerprint density at radius 2 is 1.89 bits per heavy atom. The summed E-state index contributed by atoms with van der Waals surface area (Å²) in [5, 5.41) is 0. The fourth-order valence-corrected chi connectivity index (χ4v) is 1.19. The van der Waals surface area contributed by atoms with Crippen molar-refractivity contribution in [1.82, 2.24) is 0 Å². The normalized spacial score (nSPS) is 14.1. The Kier molecular flexibility index (Phi) is 3.26. The van der Waals surface area contributed by atoms with Crippen LogP contribution in [0, 0.1) is 5.41 Å². The summed E-state index contributed by atoms with van der Waals surface area (Å²) < 4.78 is 3.89. The lowest BCUT2D eigenvalue weighted by Gasteiger charge is -2.18. The molecule has 0 aromatic heterocycles. The van der Waals surface area contributed by atoms with E-state index in [1.54, 1.807) is 0 Å². The van der Waals surface area contributed by atoms with Crippen molar-refractivity contribution < 1.29 is 0 Å². The molecule has 0 radical (unpaired) electrons. The summed E-state index contributed by atoms with van der Waals surface area (Å²) >= 11 is 3.88. The second kappa shape index (κ2) is 3.25. The number of nitrogens with zero attached hydrogens (tertiary/aromatic N) is 1. The Hall–Kier alpha value is 0.0200. The van der Waals surface area contributed by atoms with Crippen LogP contribution < -0.4 is 0 Å². The Morgan fingerprint density at radius 3 is 1.89 bits per heavy atom. The third-order valence-corrected chi connectivity index (χ3v) is 1.56. The third kappa shape index (κ3) is 2.89. The van der Waals surface area contributed by atoms with Crippen LogP contribution in [0.3, 0.4) is 0 Å². The van der Waals surface area contributed by atoms with Crippen LogP contribution in [0.5, 0.6) is 0 Å². The molecule has 0 heterocycles. The predicted octanol–water partition coefficient (Wildman–Crippen LogP) is 2.73. The van der Waals surface area contributed by atoms with Gasteiger partial charge in [-0.1, -0.05) is 27.7 Å². The molecule has 0 saturated heterocycles. The molecule has 0 amide bonds. The van der Waals surface area contributed by atoms with Crippen LogP contribution in [0.25, 0.3) is 0 Å². The maximum atomic E-state index is 3.89. The van der Waals surface area contributed by atoms with Crippen LogP contribution in [-0.2, 0) is 0 Å². The quantitative estimate of drug-likeness (QED) is 0.430. The molecule has 0 N–H and O–H groups in total. The average molecular weight is 145 g/mol. The summed E-state index contributed by atoms with van der Waals surface area (Å²) in [5.74, 6) is 0. The van der Waals surface area contributed by atoms with Gasteiger partial charge in [-0.15, -0.1) is 0 Å². The fourth-order valence-electron chi connectivity index (χ4n) is 0.751. The molecule has 0 aliphatic carbocycles. The molecule has 0 rings (SSSR count). The molecule has 0 aliphatic heterocycles. The van der Waals surface area contributed by atoms with Crippen molar-refractivity contribution >= 4 is 18.5 Å². The van der Waals surface area contributed by atoms with E-state index < -0.39 is 0 Å². The molecule has 9 heavy (non-hydrogen) atoms. The number of hydrogen-bond donors (Lipinski definition) is 1. The third-order valence-electron chi connectivity index (χ3n) is 1.32. The van der Waals surface area contributed by atoms with Crippen LogP contribution in [0.1, 0.15) is 34.1 Å². The van der Waals surface area contributed by atoms with E-state index in [1.165, 1.54) is 0 Å². The van der Waals surface area contributed by atoms with E-state index in [0.29, 0.717) is 0 Å². The van der Waals surface area contributed by atoms with E-state index in [0.717, 1.165) is 12.1 Å². The standard InChI is InChI=1S/C7H15NS/c1-5-6(8-9)7(2,3)4/h9H,5H2,1-4H3. The van der Waals surface area contributed by atoms with Crippen molar-refractivity contribution in [3.63, 3.8) is 0 Å². The molecule has 0 aromatic carbocycles. The van der Waals surface area contributed by atoms with Gasteiger partial charge >= 0.3 is 0 Å². The molecule has 0 saturated carbocycles. The highest BCUT2D eigenvalue weighted by molar-refractivity contribution is 7.79. The van der Waals surface area contributed by atoms with Gasteiger partial charge in [0, 0.05) is 11.1 Å². The van der Waals surface area contributed by atoms with Gasteiger partial charge in [0.05, 0.1) is 0 Å². The van der Waals surface area contributed by atoms with Gasteiger partial charge in [-0.2, -0.15) is 0 Å². The molecule has 1 nitrogen and oxygen atoms in total. The fraction of sp³-hybridized carbons (Fsp3) is 0.857. The lowest BCUT2D eigenvalue weighted by atomic mass is 9.89. The Balaban J connectivity index is 4.14. The lowest BCUT2D eigenvalue weighted by molar-refractivity contribution is 0.582. The van der Waals surface area contributed by atoms with Gasteiger partial charge in [0.1, 0.15) is 0 Å². The molecular formula is C7H15NS. The average Bonchev–Trinajstić information content (AvgIpc) is 1.65. The van der Waals surface area contributed by atoms with Crippen molar-refractivity contribution in [1.29, 1.82) is 0 Å². The largest absolute Gasteiger partial charge is 0.228 e. The second-order valence-electron chi connectivity index (χ2n) is 3.15. The first-order chi connectivity index (χ1) is 4.02. The zero-order valence-electron chi connectivity index (χ0n) is 6.60. The van der Waals surface area contributed by atoms with Gasteiger partial charge in [-0.25, -0.2) is 4.40 Å². The summed E-state index contributed by atoms with van der Waals surface area (Å²) in [6.07, 6.45) is 0.993. The highest BCUT2D eigenvalue weighted by atomic mass is 32.1. The van der Waals surface area contributed by atoms with Crippen molar-refractivity contribution in [2.45, 2.75) is 34.1 Å². The molecule has 0 bridgehead atoms. The van der Waals surface area contributed by atoms with Gasteiger partial charge < -0.3 is 0 Å². The van der Waals surface area contributed by atoms with Crippen LogP contribution >= 0.6 is 12.8 Å². The molecule has 0 aliphatic rings. The SMILES string of the molecule is CCC(=NS)C(C)(C)C. The van der Waals surface area contributed by atoms with Gasteiger partial charge in [0.2, 0.25) is 0 Å². The first-order valence-electron chi connectivity index (χ1n) is 3.23. The first kappa shape index (κ1) is 9.02. The summed E-state index contributed by atoms with van der Waals surface area (Å²) in [7, 11) is 0. The van der Waals surface area contributed by atoms with Gasteiger partial charge in [-0.05, 0) is 19.2 Å². The van der Waals surface area contributed by atoms with Crippen molar-refractivity contribution in [3.8, 4) is 0 Å². The maximum absolute atomic E-state index is 3.89. The van der Waals surface area contributed by atoms with E-state index in [9.17, 15) is 0 Å². The molecule has 54 valence electrons. The molecule has 0 fully saturated rings. The molecule has 2 heteroatoms. The minimum Gasteiger partial charge on any atom is -0.228 e. The van der Waals surface area contributed by atoms with Crippen LogP contribution in [-0.4, -0.2) is 5.71 Å². The van der Waals surface area contributed by atoms with E-state index in [2.05, 4.69) is 44.9 Å². The monoisotopic (exact) mass is 145 g/mol. The number of rotatable bonds is 1. The molecule has 0 unspecified atom stereocenters. The van der Waals surface area contributed by atoms with Crippen LogP contribution in [0.4, 0.5) is 0 Å². The topological polar surface area (TPSA) is 12.4 Å². The van der Waals surface area contributed by atoms with Crippen LogP contribution in [0.2, 0.25) is 0 Å². The first-order valence-corrected chi connectivity index (χ1v) is 3.63. The Morgan fingerprint density at radius 1 is 1.44 bits per heavy atom. The zero-order valence-corrected chi connectivity index (χ0v) is 7.50. The highest BCUT2D eigenvalue weighted by Gasteiger charge is 2.15. The predicted molar refractivity (Wildman–Crippen MR) is 46.2 cm³/mol. The van der Waals surface area contributed by atoms with E-state index >= 15 is 0 Å². The Bertz CT molecular complexity index is 111. The van der Waals surface area contributed by atoms with E-state index in [1.807, 2.05) is 0 Å². The number of hydrogen-bond acceptors (Lipinski definition) is 2. The molecular weight excluding hydrogens is 130 g/mol. The molecule has 0 atom stereocenters. The van der Waals surface area contributed by atoms with Gasteiger partial charge in [0.25, 0.3) is 0 Å². The Labute approximate surface area is 63.1 Å². The summed E-state index contributed by atoms with van der Waals surface area (Å²) in [6.45, 7) is 8.53. The van der Waals surface area contributed by atoms with E-state index in [-0.39, 0.29) is 5.41 Å². The smallest absolute Gasteiger partial charge is 0.0310 e. The van der Waals surface area contributed by atoms with Crippen LogP contribution in [0.15, 0.2) is 4.40 Å². The summed E-state index contributed by atoms with van der Waals surface area (Å²) in [4.78, 5) is 0. The maximum Gasteiger partial charge on any atom is 0.0310 e. The summed E-state index contributed by atoms with van der Waals surface area (Å²) in [6, 6.07) is 0. The minimum absolute atomic E-state index is 0.191. The van der Waals surface area contributed by atoms with Crippen molar-refractivity contribution in [2.24, 2.45) is 9.81 Å². The zero-order chi connectivity index (χ0) is 7.49. The van der Waals surface area contributed by atoms with Crippen molar-refractivity contribution in [3.05, 3.63) is 0 Å². The number of thiol groups is 1.